The number of nitrogens with zero attached hydrogens (tertiary/aromatic N) is 2. The molecule has 8 heteroatoms. The molecular formula is C27H26N4O3S. The average molecular weight is 487 g/mol. The van der Waals surface area contributed by atoms with Crippen LogP contribution in [0.4, 0.5) is 0 Å². The number of carbonyl (C=O) groups is 3. The minimum absolute atomic E-state index is 0.131. The van der Waals surface area contributed by atoms with Crippen molar-refractivity contribution < 1.29 is 14.4 Å². The Morgan fingerprint density at radius 1 is 0.829 bits per heavy atom. The number of carbonyl (C=O) groups excluding carboxylic acids is 3. The summed E-state index contributed by atoms with van der Waals surface area (Å²) in [5.41, 5.74) is 5.17. The fourth-order valence-electron chi connectivity index (χ4n) is 3.87. The molecule has 1 aliphatic heterocycles. The van der Waals surface area contributed by atoms with E-state index in [0.717, 1.165) is 11.1 Å². The Bertz CT molecular complexity index is 1190. The summed E-state index contributed by atoms with van der Waals surface area (Å²) in [5.74, 6) is -1.02. The van der Waals surface area contributed by atoms with Crippen LogP contribution in [0.1, 0.15) is 27.9 Å². The summed E-state index contributed by atoms with van der Waals surface area (Å²) in [6.45, 7) is 0.695. The predicted molar refractivity (Wildman–Crippen MR) is 137 cm³/mol. The third-order valence-corrected chi connectivity index (χ3v) is 6.12. The molecule has 3 aromatic rings. The SMILES string of the molecule is O=C(CC1C(=O)N(Cc2ccccc2)C(=S)N1NC(=O)c1ccccc1)NCCc1ccccc1. The van der Waals surface area contributed by atoms with Crippen molar-refractivity contribution in [2.75, 3.05) is 6.54 Å². The highest BCUT2D eigenvalue weighted by Gasteiger charge is 2.44. The van der Waals surface area contributed by atoms with Gasteiger partial charge in [-0.2, -0.15) is 0 Å². The Morgan fingerprint density at radius 3 is 2.03 bits per heavy atom. The minimum atomic E-state index is -0.935. The van der Waals surface area contributed by atoms with Crippen molar-refractivity contribution in [1.82, 2.24) is 20.7 Å². The fraction of sp³-hybridized carbons (Fsp3) is 0.185. The summed E-state index contributed by atoms with van der Waals surface area (Å²) >= 11 is 5.57. The minimum Gasteiger partial charge on any atom is -0.356 e. The molecule has 0 aliphatic carbocycles. The zero-order valence-electron chi connectivity index (χ0n) is 19.1. The van der Waals surface area contributed by atoms with Gasteiger partial charge in [0.25, 0.3) is 11.8 Å². The summed E-state index contributed by atoms with van der Waals surface area (Å²) < 4.78 is 0. The molecule has 0 saturated carbocycles. The average Bonchev–Trinajstić information content (AvgIpc) is 3.09. The van der Waals surface area contributed by atoms with Gasteiger partial charge >= 0.3 is 0 Å². The van der Waals surface area contributed by atoms with Gasteiger partial charge in [0.1, 0.15) is 6.04 Å². The van der Waals surface area contributed by atoms with Crippen LogP contribution in [-0.2, 0) is 22.6 Å². The van der Waals surface area contributed by atoms with Crippen LogP contribution in [0.15, 0.2) is 91.0 Å². The van der Waals surface area contributed by atoms with Gasteiger partial charge in [-0.1, -0.05) is 78.9 Å². The lowest BCUT2D eigenvalue weighted by Gasteiger charge is -2.24. The third kappa shape index (κ3) is 6.10. The van der Waals surface area contributed by atoms with E-state index in [4.69, 9.17) is 12.2 Å². The van der Waals surface area contributed by atoms with E-state index in [0.29, 0.717) is 18.5 Å². The summed E-state index contributed by atoms with van der Waals surface area (Å²) in [7, 11) is 0. The van der Waals surface area contributed by atoms with E-state index in [1.54, 1.807) is 24.3 Å². The van der Waals surface area contributed by atoms with Crippen molar-refractivity contribution in [3.63, 3.8) is 0 Å². The molecule has 1 saturated heterocycles. The van der Waals surface area contributed by atoms with Crippen LogP contribution in [0.3, 0.4) is 0 Å². The smallest absolute Gasteiger partial charge is 0.269 e. The Balaban J connectivity index is 1.46. The van der Waals surface area contributed by atoms with Crippen LogP contribution in [0.2, 0.25) is 0 Å². The molecule has 7 nitrogen and oxygen atoms in total. The third-order valence-electron chi connectivity index (χ3n) is 5.70. The quantitative estimate of drug-likeness (QED) is 0.455. The fourth-order valence-corrected chi connectivity index (χ4v) is 4.19. The van der Waals surface area contributed by atoms with E-state index >= 15 is 0 Å². The first-order valence-corrected chi connectivity index (χ1v) is 11.8. The maximum absolute atomic E-state index is 13.3. The first-order valence-electron chi connectivity index (χ1n) is 11.4. The molecule has 1 atom stereocenters. The molecule has 4 rings (SSSR count). The van der Waals surface area contributed by atoms with E-state index in [-0.39, 0.29) is 29.9 Å². The molecule has 0 aromatic heterocycles. The largest absolute Gasteiger partial charge is 0.356 e. The van der Waals surface area contributed by atoms with Crippen molar-refractivity contribution in [1.29, 1.82) is 0 Å². The van der Waals surface area contributed by atoms with Gasteiger partial charge in [0, 0.05) is 12.1 Å². The van der Waals surface area contributed by atoms with Gasteiger partial charge in [-0.25, -0.2) is 5.01 Å². The van der Waals surface area contributed by atoms with Gasteiger partial charge < -0.3 is 5.32 Å². The molecule has 0 spiro atoms. The summed E-state index contributed by atoms with van der Waals surface area (Å²) in [4.78, 5) is 40.4. The predicted octanol–water partition coefficient (Wildman–Crippen LogP) is 3.08. The van der Waals surface area contributed by atoms with Crippen molar-refractivity contribution >= 4 is 35.1 Å². The second-order valence-electron chi connectivity index (χ2n) is 8.17. The molecule has 1 fully saturated rings. The Morgan fingerprint density at radius 2 is 1.40 bits per heavy atom. The van der Waals surface area contributed by atoms with Gasteiger partial charge in [-0.05, 0) is 41.9 Å². The molecule has 1 aliphatic rings. The van der Waals surface area contributed by atoms with Crippen molar-refractivity contribution in [3.05, 3.63) is 108 Å². The van der Waals surface area contributed by atoms with Crippen LogP contribution in [-0.4, -0.2) is 45.3 Å². The van der Waals surface area contributed by atoms with Crippen LogP contribution in [0.25, 0.3) is 0 Å². The van der Waals surface area contributed by atoms with E-state index in [9.17, 15) is 14.4 Å². The van der Waals surface area contributed by atoms with Crippen LogP contribution in [0.5, 0.6) is 0 Å². The molecular weight excluding hydrogens is 460 g/mol. The van der Waals surface area contributed by atoms with Crippen LogP contribution in [0, 0.1) is 0 Å². The van der Waals surface area contributed by atoms with Crippen LogP contribution >= 0.6 is 12.2 Å². The first-order chi connectivity index (χ1) is 17.0. The van der Waals surface area contributed by atoms with Gasteiger partial charge in [-0.3, -0.25) is 24.7 Å². The Kier molecular flexibility index (Phi) is 7.84. The normalized spacial score (nSPS) is 15.3. The molecule has 0 radical (unpaired) electrons. The number of thiocarbonyl (C=S) groups is 1. The topological polar surface area (TPSA) is 81.8 Å². The zero-order valence-corrected chi connectivity index (χ0v) is 19.9. The van der Waals surface area contributed by atoms with Gasteiger partial charge in [0.2, 0.25) is 5.91 Å². The number of amides is 3. The molecule has 1 heterocycles. The standard InChI is InChI=1S/C27H26N4O3S/c32-24(28-17-16-20-10-4-1-5-11-20)18-23-26(34)30(19-21-12-6-2-7-13-21)27(35)31(23)29-25(33)22-14-8-3-9-15-22/h1-15,23H,16-19H2,(H,28,32)(H,29,33). The first kappa shape index (κ1) is 24.1. The second-order valence-corrected chi connectivity index (χ2v) is 8.54. The molecule has 0 bridgehead atoms. The Labute approximate surface area is 209 Å². The summed E-state index contributed by atoms with van der Waals surface area (Å²) in [5, 5.41) is 4.37. The highest BCUT2D eigenvalue weighted by atomic mass is 32.1. The molecule has 3 amide bonds. The second kappa shape index (κ2) is 11.4. The maximum Gasteiger partial charge on any atom is 0.269 e. The number of hydrogen-bond donors (Lipinski definition) is 2. The van der Waals surface area contributed by atoms with E-state index < -0.39 is 11.9 Å². The molecule has 1 unspecified atom stereocenters. The molecule has 35 heavy (non-hydrogen) atoms. The maximum atomic E-state index is 13.3. The van der Waals surface area contributed by atoms with Crippen LogP contribution < -0.4 is 10.7 Å². The van der Waals surface area contributed by atoms with E-state index in [1.165, 1.54) is 9.91 Å². The lowest BCUT2D eigenvalue weighted by atomic mass is 10.1. The molecule has 3 aromatic carbocycles. The lowest BCUT2D eigenvalue weighted by Crippen LogP contribution is -2.50. The van der Waals surface area contributed by atoms with Gasteiger partial charge in [0.15, 0.2) is 5.11 Å². The highest BCUT2D eigenvalue weighted by molar-refractivity contribution is 7.80. The number of nitrogens with one attached hydrogen (secondary N) is 2. The summed E-state index contributed by atoms with van der Waals surface area (Å²) in [6.07, 6.45) is 0.548. The van der Waals surface area contributed by atoms with Crippen molar-refractivity contribution in [2.24, 2.45) is 0 Å². The van der Waals surface area contributed by atoms with Crippen molar-refractivity contribution in [2.45, 2.75) is 25.4 Å². The molecule has 178 valence electrons. The molecule has 2 N–H and O–H groups in total. The summed E-state index contributed by atoms with van der Waals surface area (Å²) in [6, 6.07) is 27.0. The lowest BCUT2D eigenvalue weighted by molar-refractivity contribution is -0.132. The number of hydrogen-bond acceptors (Lipinski definition) is 4. The van der Waals surface area contributed by atoms with Crippen molar-refractivity contribution in [3.8, 4) is 0 Å². The Hall–Kier alpha value is -4.04. The highest BCUT2D eigenvalue weighted by Crippen LogP contribution is 2.22. The van der Waals surface area contributed by atoms with Gasteiger partial charge in [-0.15, -0.1) is 0 Å². The number of hydrazine groups is 1. The van der Waals surface area contributed by atoms with E-state index in [2.05, 4.69) is 10.7 Å². The zero-order chi connectivity index (χ0) is 24.6. The number of benzene rings is 3. The van der Waals surface area contributed by atoms with Gasteiger partial charge in [0.05, 0.1) is 13.0 Å². The number of rotatable bonds is 9. The van der Waals surface area contributed by atoms with E-state index in [1.807, 2.05) is 66.7 Å². The monoisotopic (exact) mass is 486 g/mol.